The molecule has 7 nitrogen and oxygen atoms in total. The zero-order valence-electron chi connectivity index (χ0n) is 20.8. The molecule has 182 valence electrons. The molecule has 0 aliphatic carbocycles. The van der Waals surface area contributed by atoms with E-state index in [1.54, 1.807) is 11.6 Å². The lowest BCUT2D eigenvalue weighted by molar-refractivity contribution is -0.121. The minimum Gasteiger partial charge on any atom is -0.356 e. The topological polar surface area (TPSA) is 72.2 Å². The van der Waals surface area contributed by atoms with Gasteiger partial charge in [-0.3, -0.25) is 14.2 Å². The molecule has 3 heterocycles. The maximum atomic E-state index is 13.3. The molecule has 0 atom stereocenters. The van der Waals surface area contributed by atoms with E-state index >= 15 is 0 Å². The van der Waals surface area contributed by atoms with Gasteiger partial charge in [-0.15, -0.1) is 0 Å². The van der Waals surface area contributed by atoms with Crippen molar-refractivity contribution >= 4 is 16.9 Å². The Hall–Kier alpha value is -2.93. The lowest BCUT2D eigenvalue weighted by atomic mass is 10.0. The summed E-state index contributed by atoms with van der Waals surface area (Å²) in [6.07, 6.45) is 6.97. The van der Waals surface area contributed by atoms with E-state index < -0.39 is 0 Å². The molecule has 0 saturated carbocycles. The summed E-state index contributed by atoms with van der Waals surface area (Å²) in [5, 5.41) is 8.76. The molecular weight excluding hydrogens is 426 g/mol. The number of carbonyl (C=O) groups is 1. The minimum absolute atomic E-state index is 0.00844. The van der Waals surface area contributed by atoms with Crippen molar-refractivity contribution in [2.45, 2.75) is 58.8 Å². The summed E-state index contributed by atoms with van der Waals surface area (Å²) in [6, 6.07) is 9.85. The number of para-hydroxylation sites is 1. The number of amides is 1. The molecule has 0 bridgehead atoms. The Morgan fingerprint density at radius 3 is 2.47 bits per heavy atom. The van der Waals surface area contributed by atoms with Gasteiger partial charge >= 0.3 is 0 Å². The predicted molar refractivity (Wildman–Crippen MR) is 137 cm³/mol. The van der Waals surface area contributed by atoms with Crippen LogP contribution >= 0.6 is 0 Å². The summed E-state index contributed by atoms with van der Waals surface area (Å²) in [4.78, 5) is 28.3. The number of hydrogen-bond donors (Lipinski definition) is 1. The first-order chi connectivity index (χ1) is 16.5. The molecule has 1 amide bonds. The Labute approximate surface area is 201 Å². The number of carbonyl (C=O) groups excluding carboxylic acids is 1. The fraction of sp³-hybridized carbons (Fsp3) is 0.519. The second-order valence-electron chi connectivity index (χ2n) is 9.46. The number of pyridine rings is 1. The van der Waals surface area contributed by atoms with Gasteiger partial charge in [-0.1, -0.05) is 31.0 Å². The van der Waals surface area contributed by atoms with Crippen molar-refractivity contribution in [2.24, 2.45) is 7.05 Å². The quantitative estimate of drug-likeness (QED) is 0.518. The van der Waals surface area contributed by atoms with Crippen molar-refractivity contribution in [2.75, 3.05) is 26.2 Å². The zero-order chi connectivity index (χ0) is 24.1. The number of fused-ring (bicyclic) bond motifs is 1. The third-order valence-electron chi connectivity index (χ3n) is 7.02. The Kier molecular flexibility index (Phi) is 7.83. The van der Waals surface area contributed by atoms with Gasteiger partial charge in [0.1, 0.15) is 5.65 Å². The normalized spacial score (nSPS) is 14.9. The Bertz CT molecular complexity index is 1190. The fourth-order valence-electron chi connectivity index (χ4n) is 5.13. The summed E-state index contributed by atoms with van der Waals surface area (Å²) < 4.78 is 3.50. The highest BCUT2D eigenvalue weighted by Gasteiger charge is 2.20. The smallest absolute Gasteiger partial charge is 0.255 e. The zero-order valence-corrected chi connectivity index (χ0v) is 20.8. The minimum atomic E-state index is -0.0592. The molecule has 0 unspecified atom stereocenters. The molecule has 0 spiro atoms. The molecule has 4 rings (SSSR count). The maximum Gasteiger partial charge on any atom is 0.255 e. The van der Waals surface area contributed by atoms with E-state index in [0.717, 1.165) is 40.9 Å². The number of aromatic nitrogens is 3. The van der Waals surface area contributed by atoms with Crippen LogP contribution in [0.3, 0.4) is 0 Å². The predicted octanol–water partition coefficient (Wildman–Crippen LogP) is 3.66. The Balaban J connectivity index is 1.42. The van der Waals surface area contributed by atoms with Crippen LogP contribution in [0.4, 0.5) is 0 Å². The first-order valence-corrected chi connectivity index (χ1v) is 12.6. The molecule has 1 saturated heterocycles. The van der Waals surface area contributed by atoms with Gasteiger partial charge < -0.3 is 10.2 Å². The molecule has 1 aliphatic heterocycles. The first-order valence-electron chi connectivity index (χ1n) is 12.6. The summed E-state index contributed by atoms with van der Waals surface area (Å²) in [5.41, 5.74) is 4.15. The lowest BCUT2D eigenvalue weighted by Gasteiger charge is -2.19. The molecule has 7 heteroatoms. The molecule has 0 radical (unpaired) electrons. The van der Waals surface area contributed by atoms with E-state index in [4.69, 9.17) is 5.10 Å². The van der Waals surface area contributed by atoms with Gasteiger partial charge in [0.25, 0.3) is 5.56 Å². The van der Waals surface area contributed by atoms with Crippen LogP contribution in [-0.4, -0.2) is 51.3 Å². The van der Waals surface area contributed by atoms with Crippen LogP contribution in [0.1, 0.15) is 55.3 Å². The van der Waals surface area contributed by atoms with Crippen LogP contribution in [0.25, 0.3) is 16.7 Å². The third kappa shape index (κ3) is 5.25. The highest BCUT2D eigenvalue weighted by Crippen LogP contribution is 2.25. The van der Waals surface area contributed by atoms with Gasteiger partial charge in [0.15, 0.2) is 0 Å². The van der Waals surface area contributed by atoms with E-state index in [-0.39, 0.29) is 11.5 Å². The molecule has 1 aromatic carbocycles. The van der Waals surface area contributed by atoms with Gasteiger partial charge in [-0.25, -0.2) is 4.68 Å². The summed E-state index contributed by atoms with van der Waals surface area (Å²) in [5.74, 6) is 0.00844. The lowest BCUT2D eigenvalue weighted by Crippen LogP contribution is -2.31. The van der Waals surface area contributed by atoms with E-state index in [0.29, 0.717) is 24.9 Å². The molecule has 2 aromatic heterocycles. The van der Waals surface area contributed by atoms with E-state index in [9.17, 15) is 9.59 Å². The molecular formula is C27H37N5O2. The van der Waals surface area contributed by atoms with E-state index in [2.05, 4.69) is 10.2 Å². The molecule has 3 aromatic rings. The molecule has 1 N–H and O–H groups in total. The van der Waals surface area contributed by atoms with Crippen molar-refractivity contribution in [3.8, 4) is 5.69 Å². The van der Waals surface area contributed by atoms with Crippen LogP contribution in [0.2, 0.25) is 0 Å². The van der Waals surface area contributed by atoms with Crippen molar-refractivity contribution in [1.82, 2.24) is 24.6 Å². The van der Waals surface area contributed by atoms with E-state index in [1.165, 1.54) is 38.8 Å². The van der Waals surface area contributed by atoms with Crippen LogP contribution in [0.15, 0.2) is 35.1 Å². The highest BCUT2D eigenvalue weighted by atomic mass is 16.1. The van der Waals surface area contributed by atoms with Crippen molar-refractivity contribution in [3.63, 3.8) is 0 Å². The van der Waals surface area contributed by atoms with Crippen molar-refractivity contribution in [1.29, 1.82) is 0 Å². The average Bonchev–Trinajstić information content (AvgIpc) is 3.00. The van der Waals surface area contributed by atoms with Gasteiger partial charge in [-0.2, -0.15) is 5.10 Å². The standard InChI is InChI=1S/C27H37N5O2/c1-20-23(14-15-24(33)28-16-11-19-31-17-9-4-5-10-18-31)27(34)30(3)26-25(20)21(2)29-32(26)22-12-7-6-8-13-22/h6-8,12-13H,4-5,9-11,14-19H2,1-3H3,(H,28,33). The Morgan fingerprint density at radius 2 is 1.76 bits per heavy atom. The second kappa shape index (κ2) is 11.0. The maximum absolute atomic E-state index is 13.3. The van der Waals surface area contributed by atoms with Crippen molar-refractivity contribution in [3.05, 3.63) is 57.5 Å². The monoisotopic (exact) mass is 463 g/mol. The van der Waals surface area contributed by atoms with Crippen LogP contribution < -0.4 is 10.9 Å². The number of benzene rings is 1. The number of hydrogen-bond acceptors (Lipinski definition) is 4. The molecule has 1 fully saturated rings. The largest absolute Gasteiger partial charge is 0.356 e. The van der Waals surface area contributed by atoms with Crippen molar-refractivity contribution < 1.29 is 4.79 Å². The number of aryl methyl sites for hydroxylation is 3. The van der Waals surface area contributed by atoms with Gasteiger partial charge in [0, 0.05) is 31.0 Å². The van der Waals surface area contributed by atoms with Gasteiger partial charge in [0.05, 0.1) is 11.4 Å². The summed E-state index contributed by atoms with van der Waals surface area (Å²) >= 11 is 0. The second-order valence-corrected chi connectivity index (χ2v) is 9.46. The van der Waals surface area contributed by atoms with E-state index in [1.807, 2.05) is 48.9 Å². The SMILES string of the molecule is Cc1nn(-c2ccccc2)c2c1c(C)c(CCC(=O)NCCCN1CCCCCC1)c(=O)n2C. The number of nitrogens with one attached hydrogen (secondary N) is 1. The third-order valence-corrected chi connectivity index (χ3v) is 7.02. The highest BCUT2D eigenvalue weighted by molar-refractivity contribution is 5.85. The fourth-order valence-corrected chi connectivity index (χ4v) is 5.13. The number of nitrogens with zero attached hydrogens (tertiary/aromatic N) is 4. The molecule has 1 aliphatic rings. The van der Waals surface area contributed by atoms with Gasteiger partial charge in [-0.05, 0) is 76.9 Å². The first kappa shape index (κ1) is 24.2. The van der Waals surface area contributed by atoms with Crippen LogP contribution in [-0.2, 0) is 18.3 Å². The van der Waals surface area contributed by atoms with Gasteiger partial charge in [0.2, 0.25) is 5.91 Å². The number of rotatable bonds is 8. The van der Waals surface area contributed by atoms with Crippen LogP contribution in [0.5, 0.6) is 0 Å². The van der Waals surface area contributed by atoms with Crippen LogP contribution in [0, 0.1) is 13.8 Å². The summed E-state index contributed by atoms with van der Waals surface area (Å²) in [6.45, 7) is 8.04. The summed E-state index contributed by atoms with van der Waals surface area (Å²) in [7, 11) is 1.79. The number of likely N-dealkylation sites (tertiary alicyclic amines) is 1. The molecule has 34 heavy (non-hydrogen) atoms. The average molecular weight is 464 g/mol. The Morgan fingerprint density at radius 1 is 1.06 bits per heavy atom.